The van der Waals surface area contributed by atoms with Crippen LogP contribution in [0.5, 0.6) is 0 Å². The fourth-order valence-electron chi connectivity index (χ4n) is 6.98. The Morgan fingerprint density at radius 1 is 0.952 bits per heavy atom. The maximum atomic E-state index is 14.4. The van der Waals surface area contributed by atoms with Gasteiger partial charge in [-0.25, -0.2) is 4.39 Å². The fourth-order valence-corrected chi connectivity index (χ4v) is 6.98. The first kappa shape index (κ1) is 14.2. The van der Waals surface area contributed by atoms with Gasteiger partial charge in [0.25, 0.3) is 0 Å². The Hall–Kier alpha value is -0.400. The molecule has 0 amide bonds. The van der Waals surface area contributed by atoms with E-state index in [-0.39, 0.29) is 5.41 Å². The average molecular weight is 292 g/mol. The molecular formula is C19H29FO. The van der Waals surface area contributed by atoms with E-state index in [0.29, 0.717) is 23.0 Å². The molecule has 4 aliphatic carbocycles. The largest absolute Gasteiger partial charge is 0.300 e. The van der Waals surface area contributed by atoms with Crippen molar-refractivity contribution in [2.75, 3.05) is 0 Å². The van der Waals surface area contributed by atoms with Crippen molar-refractivity contribution in [3.8, 4) is 0 Å². The van der Waals surface area contributed by atoms with Crippen LogP contribution in [0.25, 0.3) is 0 Å². The highest BCUT2D eigenvalue weighted by molar-refractivity contribution is 5.79. The third kappa shape index (κ3) is 1.83. The summed E-state index contributed by atoms with van der Waals surface area (Å²) in [7, 11) is 0. The Morgan fingerprint density at radius 3 is 2.52 bits per heavy atom. The number of alkyl halides is 1. The van der Waals surface area contributed by atoms with E-state index in [2.05, 4.69) is 13.8 Å². The molecule has 4 rings (SSSR count). The van der Waals surface area contributed by atoms with Crippen LogP contribution in [0.15, 0.2) is 0 Å². The van der Waals surface area contributed by atoms with Crippen LogP contribution in [0.3, 0.4) is 0 Å². The summed E-state index contributed by atoms with van der Waals surface area (Å²) in [4.78, 5) is 11.8. The van der Waals surface area contributed by atoms with Gasteiger partial charge in [-0.1, -0.05) is 13.8 Å². The third-order valence-corrected chi connectivity index (χ3v) is 8.37. The van der Waals surface area contributed by atoms with Gasteiger partial charge in [-0.05, 0) is 74.0 Å². The maximum absolute atomic E-state index is 14.4. The van der Waals surface area contributed by atoms with Crippen LogP contribution in [0, 0.1) is 34.5 Å². The number of carbonyl (C=O) groups is 1. The van der Waals surface area contributed by atoms with Crippen LogP contribution in [-0.4, -0.2) is 12.0 Å². The summed E-state index contributed by atoms with van der Waals surface area (Å²) < 4.78 is 14.4. The molecule has 4 fully saturated rings. The standard InChI is InChI=1S/C19H29FO/c1-18-9-7-13(21)11-12(18)3-4-14-15-5-6-17(20)19(15,2)10-8-16(14)18/h12,14-17H,3-11H2,1-2H3/t12-,14-,15-,16-,17-,18-,19-/m0/s1. The molecule has 118 valence electrons. The highest BCUT2D eigenvalue weighted by atomic mass is 19.1. The number of rotatable bonds is 0. The molecule has 4 saturated carbocycles. The van der Waals surface area contributed by atoms with Crippen molar-refractivity contribution < 1.29 is 9.18 Å². The molecule has 0 N–H and O–H groups in total. The number of Topliss-reactive ketones (excluding diaryl/α,β-unsaturated/α-hetero) is 1. The molecule has 0 aliphatic heterocycles. The second kappa shape index (κ2) is 4.55. The maximum Gasteiger partial charge on any atom is 0.133 e. The Morgan fingerprint density at radius 2 is 1.71 bits per heavy atom. The van der Waals surface area contributed by atoms with Gasteiger partial charge < -0.3 is 0 Å². The zero-order valence-corrected chi connectivity index (χ0v) is 13.5. The molecule has 0 bridgehead atoms. The topological polar surface area (TPSA) is 17.1 Å². The summed E-state index contributed by atoms with van der Waals surface area (Å²) in [5.74, 6) is 3.21. The number of hydrogen-bond donors (Lipinski definition) is 0. The Kier molecular flexibility index (Phi) is 3.08. The smallest absolute Gasteiger partial charge is 0.133 e. The van der Waals surface area contributed by atoms with Gasteiger partial charge in [-0.3, -0.25) is 4.79 Å². The Labute approximate surface area is 128 Å². The first-order valence-corrected chi connectivity index (χ1v) is 9.11. The van der Waals surface area contributed by atoms with Crippen molar-refractivity contribution >= 4 is 5.78 Å². The Balaban J connectivity index is 1.64. The highest BCUT2D eigenvalue weighted by Crippen LogP contribution is 2.66. The lowest BCUT2D eigenvalue weighted by Crippen LogP contribution is -2.53. The molecule has 21 heavy (non-hydrogen) atoms. The monoisotopic (exact) mass is 292 g/mol. The van der Waals surface area contributed by atoms with Gasteiger partial charge in [-0.2, -0.15) is 0 Å². The van der Waals surface area contributed by atoms with Crippen molar-refractivity contribution in [1.29, 1.82) is 0 Å². The molecule has 0 unspecified atom stereocenters. The zero-order valence-electron chi connectivity index (χ0n) is 13.5. The van der Waals surface area contributed by atoms with Crippen LogP contribution in [-0.2, 0) is 4.79 Å². The molecule has 7 atom stereocenters. The van der Waals surface area contributed by atoms with Gasteiger partial charge in [0.2, 0.25) is 0 Å². The van der Waals surface area contributed by atoms with Crippen LogP contribution in [0.4, 0.5) is 4.39 Å². The Bertz CT molecular complexity index is 460. The van der Waals surface area contributed by atoms with Crippen molar-refractivity contribution in [3.05, 3.63) is 0 Å². The van der Waals surface area contributed by atoms with E-state index in [1.54, 1.807) is 0 Å². The first-order valence-electron chi connectivity index (χ1n) is 9.11. The van der Waals surface area contributed by atoms with Crippen molar-refractivity contribution in [2.24, 2.45) is 34.5 Å². The molecule has 2 heteroatoms. The summed E-state index contributed by atoms with van der Waals surface area (Å²) in [6, 6.07) is 0. The quantitative estimate of drug-likeness (QED) is 0.618. The predicted molar refractivity (Wildman–Crippen MR) is 81.6 cm³/mol. The molecule has 0 radical (unpaired) electrons. The fraction of sp³-hybridized carbons (Fsp3) is 0.947. The first-order chi connectivity index (χ1) is 9.95. The third-order valence-electron chi connectivity index (χ3n) is 8.37. The SMILES string of the molecule is C[C@]12CCC(=O)C[C@@H]1CC[C@@H]1[C@@H]2CC[C@]2(C)[C@@H](F)CC[C@@H]12. The van der Waals surface area contributed by atoms with Crippen molar-refractivity contribution in [2.45, 2.75) is 77.8 Å². The molecular weight excluding hydrogens is 263 g/mol. The minimum absolute atomic E-state index is 0.0329. The van der Waals surface area contributed by atoms with Crippen LogP contribution >= 0.6 is 0 Å². The minimum atomic E-state index is -0.568. The second-order valence-corrected chi connectivity index (χ2v) is 8.99. The van der Waals surface area contributed by atoms with E-state index >= 15 is 0 Å². The van der Waals surface area contributed by atoms with E-state index in [1.807, 2.05) is 0 Å². The van der Waals surface area contributed by atoms with E-state index < -0.39 is 6.17 Å². The predicted octanol–water partition coefficient (Wildman–Crippen LogP) is 4.94. The summed E-state index contributed by atoms with van der Waals surface area (Å²) in [5.41, 5.74) is 0.335. The molecule has 0 aromatic rings. The van der Waals surface area contributed by atoms with Gasteiger partial charge in [0.1, 0.15) is 12.0 Å². The summed E-state index contributed by atoms with van der Waals surface area (Å²) in [6.45, 7) is 4.69. The van der Waals surface area contributed by atoms with Crippen molar-refractivity contribution in [1.82, 2.24) is 0 Å². The molecule has 0 spiro atoms. The van der Waals surface area contributed by atoms with E-state index in [4.69, 9.17) is 0 Å². The molecule has 1 nitrogen and oxygen atoms in total. The number of carbonyl (C=O) groups excluding carboxylic acids is 1. The number of fused-ring (bicyclic) bond motifs is 5. The summed E-state index contributed by atoms with van der Waals surface area (Å²) >= 11 is 0. The van der Waals surface area contributed by atoms with Gasteiger partial charge >= 0.3 is 0 Å². The van der Waals surface area contributed by atoms with Gasteiger partial charge in [-0.15, -0.1) is 0 Å². The summed E-state index contributed by atoms with van der Waals surface area (Å²) in [5, 5.41) is 0. The molecule has 0 aromatic heterocycles. The lowest BCUT2D eigenvalue weighted by atomic mass is 9.45. The summed E-state index contributed by atoms with van der Waals surface area (Å²) in [6.07, 6.45) is 8.81. The van der Waals surface area contributed by atoms with Gasteiger partial charge in [0.15, 0.2) is 0 Å². The lowest BCUT2D eigenvalue weighted by Gasteiger charge is -2.59. The van der Waals surface area contributed by atoms with E-state index in [1.165, 1.54) is 19.3 Å². The minimum Gasteiger partial charge on any atom is -0.300 e. The number of halogens is 1. The average Bonchev–Trinajstić information content (AvgIpc) is 2.76. The number of ketones is 1. The van der Waals surface area contributed by atoms with Crippen LogP contribution in [0.2, 0.25) is 0 Å². The van der Waals surface area contributed by atoms with E-state index in [0.717, 1.165) is 50.4 Å². The van der Waals surface area contributed by atoms with Crippen molar-refractivity contribution in [3.63, 3.8) is 0 Å². The lowest BCUT2D eigenvalue weighted by molar-refractivity contribution is -0.139. The molecule has 0 heterocycles. The zero-order chi connectivity index (χ0) is 14.8. The second-order valence-electron chi connectivity index (χ2n) is 8.99. The van der Waals surface area contributed by atoms with Crippen LogP contribution < -0.4 is 0 Å². The molecule has 4 aliphatic rings. The molecule has 0 aromatic carbocycles. The normalized spacial score (nSPS) is 56.5. The number of hydrogen-bond acceptors (Lipinski definition) is 1. The molecule has 0 saturated heterocycles. The highest BCUT2D eigenvalue weighted by Gasteiger charge is 2.60. The van der Waals surface area contributed by atoms with Gasteiger partial charge in [0, 0.05) is 18.3 Å². The van der Waals surface area contributed by atoms with Crippen LogP contribution in [0.1, 0.15) is 71.6 Å². The van der Waals surface area contributed by atoms with Gasteiger partial charge in [0.05, 0.1) is 0 Å². The van der Waals surface area contributed by atoms with E-state index in [9.17, 15) is 9.18 Å².